The number of nitrogens with zero attached hydrogens (tertiary/aromatic N) is 1. The molecule has 10 heteroatoms. The maximum absolute atomic E-state index is 12.5. The monoisotopic (exact) mass is 444 g/mol. The van der Waals surface area contributed by atoms with Gasteiger partial charge in [-0.3, -0.25) is 0 Å². The Morgan fingerprint density at radius 3 is 2.29 bits per heavy atom. The van der Waals surface area contributed by atoms with Gasteiger partial charge in [0.25, 0.3) is 0 Å². The third-order valence-electron chi connectivity index (χ3n) is 5.72. The molecule has 164 valence electrons. The van der Waals surface area contributed by atoms with E-state index in [1.54, 1.807) is 18.2 Å². The van der Waals surface area contributed by atoms with E-state index in [1.165, 1.54) is 0 Å². The lowest BCUT2D eigenvalue weighted by molar-refractivity contribution is 0.00578. The fraction of sp³-hybridized carbons (Fsp3) is 0.333. The molecule has 4 rings (SSSR count). The van der Waals surface area contributed by atoms with Crippen LogP contribution in [0.4, 0.5) is 5.69 Å². The lowest BCUT2D eigenvalue weighted by Gasteiger charge is -2.32. The minimum absolute atomic E-state index is 0.236. The summed E-state index contributed by atoms with van der Waals surface area (Å²) in [6.07, 6.45) is 1.09. The number of hydrogen-bond donors (Lipinski definition) is 2. The third-order valence-corrected chi connectivity index (χ3v) is 7.00. The highest BCUT2D eigenvalue weighted by molar-refractivity contribution is 7.91. The van der Waals surface area contributed by atoms with Crippen molar-refractivity contribution < 1.29 is 27.6 Å². The summed E-state index contributed by atoms with van der Waals surface area (Å²) in [7, 11) is -4.68. The maximum Gasteiger partial charge on any atom is 0.494 e. The molecule has 2 heterocycles. The Morgan fingerprint density at radius 1 is 1.06 bits per heavy atom. The number of anilines is 1. The molecule has 0 atom stereocenters. The molecule has 0 spiro atoms. The number of nitrogens with one attached hydrogen (secondary N) is 1. The van der Waals surface area contributed by atoms with Gasteiger partial charge in [-0.1, -0.05) is 36.4 Å². The first-order valence-electron chi connectivity index (χ1n) is 9.88. The van der Waals surface area contributed by atoms with Gasteiger partial charge in [-0.05, 0) is 50.9 Å². The van der Waals surface area contributed by atoms with Crippen LogP contribution in [-0.2, 0) is 26.1 Å². The number of hydrogen-bond acceptors (Lipinski definition) is 6. The predicted octanol–water partition coefficient (Wildman–Crippen LogP) is 2.58. The molecule has 0 amide bonds. The van der Waals surface area contributed by atoms with Crippen molar-refractivity contribution in [2.75, 3.05) is 4.31 Å². The Kier molecular flexibility index (Phi) is 5.19. The molecular weight excluding hydrogens is 419 g/mol. The zero-order valence-corrected chi connectivity index (χ0v) is 18.6. The molecule has 0 radical (unpaired) electrons. The van der Waals surface area contributed by atoms with Gasteiger partial charge < -0.3 is 19.2 Å². The number of benzene rings is 2. The van der Waals surface area contributed by atoms with Gasteiger partial charge in [0, 0.05) is 0 Å². The van der Waals surface area contributed by atoms with Gasteiger partial charge in [-0.2, -0.15) is 8.42 Å². The molecule has 0 aliphatic carbocycles. The van der Waals surface area contributed by atoms with Crippen molar-refractivity contribution in [3.63, 3.8) is 0 Å². The Bertz CT molecular complexity index is 1100. The van der Waals surface area contributed by atoms with Crippen LogP contribution in [0.5, 0.6) is 5.75 Å². The van der Waals surface area contributed by atoms with Crippen LogP contribution in [0.15, 0.2) is 60.6 Å². The Labute approximate surface area is 182 Å². The summed E-state index contributed by atoms with van der Waals surface area (Å²) in [6.45, 7) is 8.03. The van der Waals surface area contributed by atoms with E-state index in [1.807, 2.05) is 58.0 Å². The SMILES string of the molecule is CC1(C)OB(c2ccc(OCc3ccccc3)c(N3C=C(O)NS3(=O)=O)c2)OC1(C)C. The highest BCUT2D eigenvalue weighted by Gasteiger charge is 2.52. The summed E-state index contributed by atoms with van der Waals surface area (Å²) in [5.41, 5.74) is 0.721. The van der Waals surface area contributed by atoms with Crippen LogP contribution in [0, 0.1) is 0 Å². The zero-order valence-electron chi connectivity index (χ0n) is 17.8. The third kappa shape index (κ3) is 4.10. The van der Waals surface area contributed by atoms with Crippen LogP contribution in [0.2, 0.25) is 0 Å². The van der Waals surface area contributed by atoms with Crippen LogP contribution in [0.25, 0.3) is 0 Å². The van der Waals surface area contributed by atoms with Crippen LogP contribution in [-0.4, -0.2) is 31.8 Å². The largest absolute Gasteiger partial charge is 0.494 e. The summed E-state index contributed by atoms with van der Waals surface area (Å²) in [5.74, 6) is -0.143. The van der Waals surface area contributed by atoms with Gasteiger partial charge in [0.05, 0.1) is 23.1 Å². The summed E-state index contributed by atoms with van der Waals surface area (Å²) >= 11 is 0. The van der Waals surface area contributed by atoms with Crippen molar-refractivity contribution in [2.24, 2.45) is 0 Å². The van der Waals surface area contributed by atoms with Crippen molar-refractivity contribution in [2.45, 2.75) is 45.5 Å². The Hall–Kier alpha value is -2.69. The van der Waals surface area contributed by atoms with Gasteiger partial charge in [0.15, 0.2) is 0 Å². The Morgan fingerprint density at radius 2 is 1.71 bits per heavy atom. The minimum Gasteiger partial charge on any atom is -0.493 e. The van der Waals surface area contributed by atoms with E-state index < -0.39 is 34.4 Å². The van der Waals surface area contributed by atoms with E-state index in [-0.39, 0.29) is 12.3 Å². The van der Waals surface area contributed by atoms with E-state index in [0.29, 0.717) is 11.2 Å². The molecule has 0 bridgehead atoms. The van der Waals surface area contributed by atoms with Gasteiger partial charge in [0.2, 0.25) is 5.88 Å². The smallest absolute Gasteiger partial charge is 0.493 e. The van der Waals surface area contributed by atoms with E-state index in [0.717, 1.165) is 16.1 Å². The quantitative estimate of drug-likeness (QED) is 0.689. The van der Waals surface area contributed by atoms with Crippen LogP contribution >= 0.6 is 0 Å². The van der Waals surface area contributed by atoms with Crippen molar-refractivity contribution in [3.05, 3.63) is 66.2 Å². The lowest BCUT2D eigenvalue weighted by Crippen LogP contribution is -2.41. The Balaban J connectivity index is 1.71. The molecule has 8 nitrogen and oxygen atoms in total. The molecule has 31 heavy (non-hydrogen) atoms. The molecule has 2 N–H and O–H groups in total. The molecular formula is C21H25BN2O6S. The fourth-order valence-electron chi connectivity index (χ4n) is 3.28. The molecule has 2 aliphatic rings. The van der Waals surface area contributed by atoms with Crippen LogP contribution < -0.4 is 19.2 Å². The molecule has 2 aliphatic heterocycles. The van der Waals surface area contributed by atoms with Gasteiger partial charge in [0.1, 0.15) is 12.4 Å². The minimum atomic E-state index is -4.00. The van der Waals surface area contributed by atoms with Crippen LogP contribution in [0.1, 0.15) is 33.3 Å². The van der Waals surface area contributed by atoms with Crippen LogP contribution in [0.3, 0.4) is 0 Å². The first kappa shape index (κ1) is 21.5. The number of ether oxygens (including phenoxy) is 1. The van der Waals surface area contributed by atoms with E-state index in [4.69, 9.17) is 14.0 Å². The average molecular weight is 444 g/mol. The number of rotatable bonds is 5. The van der Waals surface area contributed by atoms with E-state index in [2.05, 4.69) is 4.72 Å². The normalized spacial score (nSPS) is 21.0. The topological polar surface area (TPSA) is 97.3 Å². The average Bonchev–Trinajstić information content (AvgIpc) is 3.09. The van der Waals surface area contributed by atoms with E-state index >= 15 is 0 Å². The predicted molar refractivity (Wildman–Crippen MR) is 118 cm³/mol. The molecule has 0 unspecified atom stereocenters. The van der Waals surface area contributed by atoms with Crippen molar-refractivity contribution in [3.8, 4) is 5.75 Å². The van der Waals surface area contributed by atoms with Gasteiger partial charge in [-0.15, -0.1) is 0 Å². The summed E-state index contributed by atoms with van der Waals surface area (Å²) in [5, 5.41) is 9.75. The first-order valence-corrected chi connectivity index (χ1v) is 11.3. The summed E-state index contributed by atoms with van der Waals surface area (Å²) in [4.78, 5) is 0. The van der Waals surface area contributed by atoms with Gasteiger partial charge in [-0.25, -0.2) is 9.03 Å². The second-order valence-corrected chi connectivity index (χ2v) is 10.1. The highest BCUT2D eigenvalue weighted by Crippen LogP contribution is 2.38. The molecule has 1 fully saturated rings. The van der Waals surface area contributed by atoms with Crippen molar-refractivity contribution in [1.29, 1.82) is 0 Å². The number of aliphatic hydroxyl groups is 1. The number of aliphatic hydroxyl groups excluding tert-OH is 1. The zero-order chi connectivity index (χ0) is 22.4. The lowest BCUT2D eigenvalue weighted by atomic mass is 9.79. The fourth-order valence-corrected chi connectivity index (χ4v) is 4.33. The molecule has 1 saturated heterocycles. The highest BCUT2D eigenvalue weighted by atomic mass is 32.2. The van der Waals surface area contributed by atoms with Crippen molar-refractivity contribution in [1.82, 2.24) is 4.72 Å². The van der Waals surface area contributed by atoms with E-state index in [9.17, 15) is 13.5 Å². The second kappa shape index (κ2) is 7.47. The first-order chi connectivity index (χ1) is 14.5. The maximum atomic E-state index is 12.5. The molecule has 0 aromatic heterocycles. The summed E-state index contributed by atoms with van der Waals surface area (Å²) < 4.78 is 46.2. The summed E-state index contributed by atoms with van der Waals surface area (Å²) in [6, 6.07) is 14.6. The van der Waals surface area contributed by atoms with Gasteiger partial charge >= 0.3 is 17.3 Å². The molecule has 2 aromatic rings. The molecule has 0 saturated carbocycles. The molecule has 2 aromatic carbocycles. The van der Waals surface area contributed by atoms with Crippen molar-refractivity contribution >= 4 is 28.5 Å². The standard InChI is InChI=1S/C21H25BN2O6S/c1-20(2)21(3,4)30-22(29-20)16-10-11-18(28-14-15-8-6-5-7-9-15)17(12-16)24-13-19(25)23-31(24,26)27/h5-13,23,25H,14H2,1-4H3. The second-order valence-electron chi connectivity index (χ2n) is 8.51.